The van der Waals surface area contributed by atoms with Crippen LogP contribution in [-0.4, -0.2) is 18.6 Å². The zero-order valence-electron chi connectivity index (χ0n) is 8.30. The molecular weight excluding hydrogens is 287 g/mol. The zero-order chi connectivity index (χ0) is 12.5. The molecule has 1 aromatic heterocycles. The lowest BCUT2D eigenvalue weighted by atomic mass is 10.2. The Morgan fingerprint density at radius 1 is 1.29 bits per heavy atom. The van der Waals surface area contributed by atoms with Gasteiger partial charge in [0.05, 0.1) is 4.90 Å². The molecule has 90 valence electrons. The number of alkyl halides is 1. The van der Waals surface area contributed by atoms with E-state index >= 15 is 0 Å². The van der Waals surface area contributed by atoms with E-state index in [-0.39, 0.29) is 22.6 Å². The van der Waals surface area contributed by atoms with Crippen molar-refractivity contribution in [3.8, 4) is 11.5 Å². The molecule has 0 fully saturated rings. The van der Waals surface area contributed by atoms with Gasteiger partial charge in [-0.05, 0) is 18.2 Å². The van der Waals surface area contributed by atoms with Gasteiger partial charge < -0.3 is 4.42 Å². The Hall–Kier alpha value is -1.11. The summed E-state index contributed by atoms with van der Waals surface area (Å²) >= 11 is 5.52. The summed E-state index contributed by atoms with van der Waals surface area (Å²) in [4.78, 5) is -0.0257. The Labute approximate surface area is 107 Å². The SMILES string of the molecule is O=S(=O)(Cl)c1cccc(-c2nnc(CCl)o2)c1. The van der Waals surface area contributed by atoms with Gasteiger partial charge in [0, 0.05) is 16.2 Å². The highest BCUT2D eigenvalue weighted by molar-refractivity contribution is 8.13. The van der Waals surface area contributed by atoms with Gasteiger partial charge in [0.15, 0.2) is 0 Å². The van der Waals surface area contributed by atoms with Crippen LogP contribution in [-0.2, 0) is 14.9 Å². The second-order valence-electron chi connectivity index (χ2n) is 3.10. The van der Waals surface area contributed by atoms with Gasteiger partial charge in [-0.3, -0.25) is 0 Å². The molecule has 0 amide bonds. The highest BCUT2D eigenvalue weighted by atomic mass is 35.7. The van der Waals surface area contributed by atoms with Crippen LogP contribution in [0, 0.1) is 0 Å². The molecule has 2 aromatic rings. The van der Waals surface area contributed by atoms with Crippen molar-refractivity contribution in [1.82, 2.24) is 10.2 Å². The fourth-order valence-corrected chi connectivity index (χ4v) is 2.11. The zero-order valence-corrected chi connectivity index (χ0v) is 10.6. The predicted molar refractivity (Wildman–Crippen MR) is 62.3 cm³/mol. The number of aromatic nitrogens is 2. The lowest BCUT2D eigenvalue weighted by Crippen LogP contribution is -1.90. The Morgan fingerprint density at radius 2 is 2.06 bits per heavy atom. The maximum atomic E-state index is 11.2. The lowest BCUT2D eigenvalue weighted by Gasteiger charge is -1.98. The van der Waals surface area contributed by atoms with Crippen LogP contribution in [0.2, 0.25) is 0 Å². The fourth-order valence-electron chi connectivity index (χ4n) is 1.21. The Bertz CT molecular complexity index is 639. The Morgan fingerprint density at radius 3 is 2.65 bits per heavy atom. The second kappa shape index (κ2) is 4.64. The van der Waals surface area contributed by atoms with Crippen LogP contribution in [0.5, 0.6) is 0 Å². The molecule has 0 atom stereocenters. The van der Waals surface area contributed by atoms with Crippen LogP contribution in [0.1, 0.15) is 5.89 Å². The van der Waals surface area contributed by atoms with Gasteiger partial charge in [0.25, 0.3) is 9.05 Å². The topological polar surface area (TPSA) is 73.1 Å². The third-order valence-corrected chi connectivity index (χ3v) is 3.52. The third kappa shape index (κ3) is 2.77. The lowest BCUT2D eigenvalue weighted by molar-refractivity contribution is 0.527. The highest BCUT2D eigenvalue weighted by Gasteiger charge is 2.13. The maximum Gasteiger partial charge on any atom is 0.261 e. The quantitative estimate of drug-likeness (QED) is 0.641. The van der Waals surface area contributed by atoms with Gasteiger partial charge in [-0.1, -0.05) is 6.07 Å². The van der Waals surface area contributed by atoms with E-state index in [2.05, 4.69) is 10.2 Å². The van der Waals surface area contributed by atoms with Crippen LogP contribution in [0.3, 0.4) is 0 Å². The van der Waals surface area contributed by atoms with E-state index in [1.165, 1.54) is 18.2 Å². The van der Waals surface area contributed by atoms with Crippen molar-refractivity contribution in [3.05, 3.63) is 30.2 Å². The van der Waals surface area contributed by atoms with Crippen molar-refractivity contribution >= 4 is 31.3 Å². The monoisotopic (exact) mass is 292 g/mol. The molecule has 0 radical (unpaired) electrons. The first-order valence-electron chi connectivity index (χ1n) is 4.44. The minimum absolute atomic E-state index is 0.0257. The molecule has 0 spiro atoms. The van der Waals surface area contributed by atoms with Gasteiger partial charge in [-0.15, -0.1) is 21.8 Å². The average Bonchev–Trinajstić information content (AvgIpc) is 2.76. The van der Waals surface area contributed by atoms with E-state index < -0.39 is 9.05 Å². The molecule has 0 unspecified atom stereocenters. The first-order valence-corrected chi connectivity index (χ1v) is 7.28. The van der Waals surface area contributed by atoms with Gasteiger partial charge in [0.1, 0.15) is 5.88 Å². The smallest absolute Gasteiger partial charge is 0.261 e. The summed E-state index contributed by atoms with van der Waals surface area (Å²) < 4.78 is 27.5. The number of nitrogens with zero attached hydrogens (tertiary/aromatic N) is 2. The van der Waals surface area contributed by atoms with Gasteiger partial charge in [-0.25, -0.2) is 8.42 Å². The van der Waals surface area contributed by atoms with E-state index in [0.29, 0.717) is 5.56 Å². The molecule has 0 N–H and O–H groups in total. The molecule has 0 aliphatic carbocycles. The Kier molecular flexibility index (Phi) is 3.37. The summed E-state index contributed by atoms with van der Waals surface area (Å²) in [5.74, 6) is 0.559. The molecule has 1 aromatic carbocycles. The van der Waals surface area contributed by atoms with Crippen LogP contribution >= 0.6 is 22.3 Å². The second-order valence-corrected chi connectivity index (χ2v) is 5.93. The number of benzene rings is 1. The van der Waals surface area contributed by atoms with E-state index in [0.717, 1.165) is 0 Å². The van der Waals surface area contributed by atoms with Gasteiger partial charge in [-0.2, -0.15) is 0 Å². The minimum Gasteiger partial charge on any atom is -0.419 e. The molecule has 17 heavy (non-hydrogen) atoms. The van der Waals surface area contributed by atoms with Crippen molar-refractivity contribution < 1.29 is 12.8 Å². The Balaban J connectivity index is 2.46. The molecule has 0 aliphatic rings. The molecule has 8 heteroatoms. The molecule has 0 bridgehead atoms. The van der Waals surface area contributed by atoms with Crippen molar-refractivity contribution in [1.29, 1.82) is 0 Å². The first-order chi connectivity index (χ1) is 8.00. The summed E-state index contributed by atoms with van der Waals surface area (Å²) in [5, 5.41) is 7.41. The van der Waals surface area contributed by atoms with E-state index in [4.69, 9.17) is 26.7 Å². The fraction of sp³-hybridized carbons (Fsp3) is 0.111. The maximum absolute atomic E-state index is 11.2. The standard InChI is InChI=1S/C9H6Cl2N2O3S/c10-5-8-12-13-9(16-8)6-2-1-3-7(4-6)17(11,14)15/h1-4H,5H2. The minimum atomic E-state index is -3.78. The van der Waals surface area contributed by atoms with Crippen molar-refractivity contribution in [2.45, 2.75) is 10.8 Å². The van der Waals surface area contributed by atoms with Crippen LogP contribution in [0.4, 0.5) is 0 Å². The van der Waals surface area contributed by atoms with Crippen LogP contribution < -0.4 is 0 Å². The van der Waals surface area contributed by atoms with Gasteiger partial charge in [0.2, 0.25) is 11.8 Å². The number of rotatable bonds is 3. The third-order valence-electron chi connectivity index (χ3n) is 1.94. The molecule has 0 saturated heterocycles. The molecule has 0 aliphatic heterocycles. The van der Waals surface area contributed by atoms with Crippen molar-refractivity contribution in [3.63, 3.8) is 0 Å². The van der Waals surface area contributed by atoms with Crippen molar-refractivity contribution in [2.24, 2.45) is 0 Å². The highest BCUT2D eigenvalue weighted by Crippen LogP contribution is 2.23. The van der Waals surface area contributed by atoms with E-state index in [1.807, 2.05) is 0 Å². The summed E-state index contributed by atoms with van der Waals surface area (Å²) in [6.07, 6.45) is 0. The molecule has 0 saturated carbocycles. The normalized spacial score (nSPS) is 11.6. The molecular formula is C9H6Cl2N2O3S. The number of halogens is 2. The molecule has 2 rings (SSSR count). The molecule has 5 nitrogen and oxygen atoms in total. The van der Waals surface area contributed by atoms with Crippen molar-refractivity contribution in [2.75, 3.05) is 0 Å². The summed E-state index contributed by atoms with van der Waals surface area (Å²) in [5.41, 5.74) is 0.468. The van der Waals surface area contributed by atoms with Crippen LogP contribution in [0.25, 0.3) is 11.5 Å². The molecule has 1 heterocycles. The van der Waals surface area contributed by atoms with Gasteiger partial charge >= 0.3 is 0 Å². The first kappa shape index (κ1) is 12.3. The van der Waals surface area contributed by atoms with E-state index in [9.17, 15) is 8.42 Å². The number of hydrogen-bond acceptors (Lipinski definition) is 5. The largest absolute Gasteiger partial charge is 0.419 e. The predicted octanol–water partition coefficient (Wildman–Crippen LogP) is 2.40. The van der Waals surface area contributed by atoms with Crippen LogP contribution in [0.15, 0.2) is 33.6 Å². The average molecular weight is 293 g/mol. The summed E-state index contributed by atoms with van der Waals surface area (Å²) in [7, 11) is 1.46. The van der Waals surface area contributed by atoms with E-state index in [1.54, 1.807) is 6.07 Å². The number of hydrogen-bond donors (Lipinski definition) is 0. The summed E-state index contributed by atoms with van der Waals surface area (Å²) in [6, 6.07) is 5.91. The summed E-state index contributed by atoms with van der Waals surface area (Å²) in [6.45, 7) is 0.